The molecule has 0 aliphatic heterocycles. The van der Waals surface area contributed by atoms with Gasteiger partial charge in [-0.3, -0.25) is 5.32 Å². The fourth-order valence-corrected chi connectivity index (χ4v) is 2.32. The highest BCUT2D eigenvalue weighted by molar-refractivity contribution is 8.13. The molecular weight excluding hydrogens is 324 g/mol. The molecule has 0 amide bonds. The zero-order valence-electron chi connectivity index (χ0n) is 13.0. The van der Waals surface area contributed by atoms with E-state index in [4.69, 9.17) is 10.4 Å². The number of aromatic carboxylic acids is 1. The second kappa shape index (κ2) is 8.60. The lowest BCUT2D eigenvalue weighted by Gasteiger charge is -2.11. The molecule has 0 atom stereocenters. The zero-order chi connectivity index (χ0) is 17.4. The Bertz CT molecular complexity index is 785. The van der Waals surface area contributed by atoms with Gasteiger partial charge in [-0.25, -0.2) is 9.79 Å². The number of amidine groups is 1. The first kappa shape index (κ1) is 17.4. The topological polar surface area (TPSA) is 97.5 Å². The number of hydrogen-bond donors (Lipinski definition) is 3. The van der Waals surface area contributed by atoms with Gasteiger partial charge in [-0.15, -0.1) is 0 Å². The molecule has 0 heterocycles. The predicted molar refractivity (Wildman–Crippen MR) is 96.5 cm³/mol. The van der Waals surface area contributed by atoms with Gasteiger partial charge < -0.3 is 10.4 Å². The Morgan fingerprint density at radius 1 is 1.29 bits per heavy atom. The molecule has 0 aromatic heterocycles. The number of nitrogens with one attached hydrogen (secondary N) is 2. The molecule has 3 N–H and O–H groups in total. The molecule has 2 rings (SSSR count). The van der Waals surface area contributed by atoms with Gasteiger partial charge in [0.05, 0.1) is 16.9 Å². The lowest BCUT2D eigenvalue weighted by atomic mass is 10.1. The number of rotatable bonds is 5. The number of benzene rings is 2. The van der Waals surface area contributed by atoms with Gasteiger partial charge in [0.15, 0.2) is 11.4 Å². The van der Waals surface area contributed by atoms with Crippen LogP contribution in [0.15, 0.2) is 53.5 Å². The number of thioether (sulfide) groups is 1. The first-order chi connectivity index (χ1) is 11.6. The van der Waals surface area contributed by atoms with Crippen LogP contribution in [-0.2, 0) is 6.54 Å². The number of anilines is 1. The van der Waals surface area contributed by atoms with Crippen LogP contribution in [0.1, 0.15) is 15.9 Å². The van der Waals surface area contributed by atoms with Gasteiger partial charge in [0, 0.05) is 6.54 Å². The molecule has 0 aliphatic rings. The third-order valence-corrected chi connectivity index (χ3v) is 3.73. The maximum Gasteiger partial charge on any atom is 0.335 e. The number of carboxylic acids is 1. The van der Waals surface area contributed by atoms with E-state index in [0.29, 0.717) is 23.1 Å². The van der Waals surface area contributed by atoms with Gasteiger partial charge in [-0.2, -0.15) is 5.26 Å². The molecule has 2 aromatic carbocycles. The average Bonchev–Trinajstić information content (AvgIpc) is 2.60. The van der Waals surface area contributed by atoms with E-state index in [-0.39, 0.29) is 5.56 Å². The molecule has 2 aromatic rings. The Labute approximate surface area is 144 Å². The fraction of sp³-hybridized carbons (Fsp3) is 0.118. The van der Waals surface area contributed by atoms with Crippen molar-refractivity contribution in [2.45, 2.75) is 6.54 Å². The minimum Gasteiger partial charge on any atom is -0.478 e. The second-order valence-corrected chi connectivity index (χ2v) is 5.53. The molecule has 0 aliphatic carbocycles. The van der Waals surface area contributed by atoms with E-state index in [9.17, 15) is 4.79 Å². The Morgan fingerprint density at radius 3 is 2.67 bits per heavy atom. The summed E-state index contributed by atoms with van der Waals surface area (Å²) >= 11 is 1.27. The molecule has 0 spiro atoms. The maximum absolute atomic E-state index is 11.2. The van der Waals surface area contributed by atoms with Gasteiger partial charge in [-0.05, 0) is 30.0 Å². The van der Waals surface area contributed by atoms with E-state index in [1.807, 2.05) is 36.5 Å². The Morgan fingerprint density at radius 2 is 2.04 bits per heavy atom. The fourth-order valence-electron chi connectivity index (χ4n) is 1.98. The van der Waals surface area contributed by atoms with Crippen LogP contribution in [0.4, 0.5) is 11.4 Å². The van der Waals surface area contributed by atoms with E-state index in [1.165, 1.54) is 23.9 Å². The van der Waals surface area contributed by atoms with Gasteiger partial charge in [0.25, 0.3) is 0 Å². The molecule has 7 heteroatoms. The van der Waals surface area contributed by atoms with Crippen LogP contribution >= 0.6 is 11.8 Å². The summed E-state index contributed by atoms with van der Waals surface area (Å²) in [6, 6.07) is 14.5. The summed E-state index contributed by atoms with van der Waals surface area (Å²) in [5.74, 6) is -1.03. The van der Waals surface area contributed by atoms with Crippen LogP contribution in [0.25, 0.3) is 0 Å². The highest BCUT2D eigenvalue weighted by atomic mass is 32.2. The van der Waals surface area contributed by atoms with E-state index in [0.717, 1.165) is 5.56 Å². The Balaban J connectivity index is 2.32. The van der Waals surface area contributed by atoms with Gasteiger partial charge in [0.1, 0.15) is 0 Å². The summed E-state index contributed by atoms with van der Waals surface area (Å²) in [5, 5.41) is 24.0. The van der Waals surface area contributed by atoms with Crippen LogP contribution in [0, 0.1) is 11.5 Å². The molecule has 122 valence electrons. The summed E-state index contributed by atoms with van der Waals surface area (Å²) in [7, 11) is 0. The van der Waals surface area contributed by atoms with Crippen molar-refractivity contribution in [2.75, 3.05) is 11.6 Å². The van der Waals surface area contributed by atoms with Crippen molar-refractivity contribution < 1.29 is 9.90 Å². The Kier molecular flexibility index (Phi) is 6.23. The van der Waals surface area contributed by atoms with Gasteiger partial charge in [-0.1, -0.05) is 42.1 Å². The SMILES string of the molecule is CSC(=Nc1cc(C(=O)O)ccc1NCc1ccccc1)NC#N. The van der Waals surface area contributed by atoms with Crippen molar-refractivity contribution in [1.82, 2.24) is 5.32 Å². The zero-order valence-corrected chi connectivity index (χ0v) is 13.8. The van der Waals surface area contributed by atoms with Crippen molar-refractivity contribution in [3.63, 3.8) is 0 Å². The summed E-state index contributed by atoms with van der Waals surface area (Å²) in [6.45, 7) is 0.579. The summed E-state index contributed by atoms with van der Waals surface area (Å²) in [5.41, 5.74) is 2.37. The molecule has 0 unspecified atom stereocenters. The first-order valence-electron chi connectivity index (χ1n) is 7.07. The number of hydrogen-bond acceptors (Lipinski definition) is 5. The minimum atomic E-state index is -1.03. The molecule has 6 nitrogen and oxygen atoms in total. The van der Waals surface area contributed by atoms with Crippen molar-refractivity contribution in [1.29, 1.82) is 5.26 Å². The predicted octanol–water partition coefficient (Wildman–Crippen LogP) is 3.42. The second-order valence-electron chi connectivity index (χ2n) is 4.73. The lowest BCUT2D eigenvalue weighted by molar-refractivity contribution is 0.0697. The van der Waals surface area contributed by atoms with Crippen LogP contribution in [0.3, 0.4) is 0 Å². The normalized spacial score (nSPS) is 10.8. The molecule has 0 fully saturated rings. The van der Waals surface area contributed by atoms with Crippen LogP contribution < -0.4 is 10.6 Å². The lowest BCUT2D eigenvalue weighted by Crippen LogP contribution is -2.12. The third-order valence-electron chi connectivity index (χ3n) is 3.15. The standard InChI is InChI=1S/C17H16N4O2S/c1-24-17(20-11-18)21-15-9-13(16(22)23)7-8-14(15)19-10-12-5-3-2-4-6-12/h2-9,19H,10H2,1H3,(H,20,21)(H,22,23). The van der Waals surface area contributed by atoms with Crippen LogP contribution in [-0.4, -0.2) is 22.5 Å². The first-order valence-corrected chi connectivity index (χ1v) is 8.29. The van der Waals surface area contributed by atoms with Gasteiger partial charge >= 0.3 is 5.97 Å². The van der Waals surface area contributed by atoms with Crippen molar-refractivity contribution in [3.8, 4) is 6.19 Å². The molecular formula is C17H16N4O2S. The Hall–Kier alpha value is -2.98. The number of aliphatic imine (C=N–C) groups is 1. The number of nitriles is 1. The quantitative estimate of drug-likeness (QED) is 0.334. The smallest absolute Gasteiger partial charge is 0.335 e. The van der Waals surface area contributed by atoms with Gasteiger partial charge in [0.2, 0.25) is 0 Å². The maximum atomic E-state index is 11.2. The summed E-state index contributed by atoms with van der Waals surface area (Å²) in [6.07, 6.45) is 3.59. The molecule has 0 saturated carbocycles. The average molecular weight is 340 g/mol. The minimum absolute atomic E-state index is 0.136. The van der Waals surface area contributed by atoms with Crippen molar-refractivity contribution in [3.05, 3.63) is 59.7 Å². The number of nitrogens with zero attached hydrogens (tertiary/aromatic N) is 2. The van der Waals surface area contributed by atoms with Crippen molar-refractivity contribution in [2.24, 2.45) is 4.99 Å². The molecule has 24 heavy (non-hydrogen) atoms. The van der Waals surface area contributed by atoms with E-state index < -0.39 is 5.97 Å². The summed E-state index contributed by atoms with van der Waals surface area (Å²) < 4.78 is 0. The van der Waals surface area contributed by atoms with E-state index in [2.05, 4.69) is 15.6 Å². The highest BCUT2D eigenvalue weighted by Gasteiger charge is 2.09. The third kappa shape index (κ3) is 4.76. The monoisotopic (exact) mass is 340 g/mol. The molecule has 0 bridgehead atoms. The highest BCUT2D eigenvalue weighted by Crippen LogP contribution is 2.28. The van der Waals surface area contributed by atoms with Crippen LogP contribution in [0.2, 0.25) is 0 Å². The molecule has 0 saturated heterocycles. The number of carbonyl (C=O) groups is 1. The summed E-state index contributed by atoms with van der Waals surface area (Å²) in [4.78, 5) is 15.5. The number of carboxylic acid groups (broad SMARTS) is 1. The van der Waals surface area contributed by atoms with Crippen molar-refractivity contribution >= 4 is 34.3 Å². The van der Waals surface area contributed by atoms with Crippen LogP contribution in [0.5, 0.6) is 0 Å². The van der Waals surface area contributed by atoms with E-state index >= 15 is 0 Å². The van der Waals surface area contributed by atoms with E-state index in [1.54, 1.807) is 12.3 Å². The largest absolute Gasteiger partial charge is 0.478 e. The molecule has 0 radical (unpaired) electrons.